The van der Waals surface area contributed by atoms with E-state index in [0.29, 0.717) is 33.6 Å². The molecule has 0 aliphatic rings. The second-order valence-electron chi connectivity index (χ2n) is 6.67. The highest BCUT2D eigenvalue weighted by molar-refractivity contribution is 9.10. The standard InChI is InChI=1S/C23H18BrN3O3/c1-15-11-17(24)12-16(22(15)28)13-25-27-21(14-30-18-7-3-2-4-8-18)26-20-10-6-5-9-19(20)23(27)29/h2-13,28H,14H2,1H3. The summed E-state index contributed by atoms with van der Waals surface area (Å²) in [7, 11) is 0. The van der Waals surface area contributed by atoms with E-state index in [0.717, 1.165) is 4.47 Å². The second-order valence-corrected chi connectivity index (χ2v) is 7.58. The molecule has 0 amide bonds. The molecule has 3 aromatic carbocycles. The predicted octanol–water partition coefficient (Wildman–Crippen LogP) is 4.63. The van der Waals surface area contributed by atoms with Gasteiger partial charge in [0.05, 0.1) is 17.1 Å². The SMILES string of the molecule is Cc1cc(Br)cc(C=Nn2c(COc3ccccc3)nc3ccccc3c2=O)c1O. The van der Waals surface area contributed by atoms with Crippen LogP contribution in [0.1, 0.15) is 17.0 Å². The highest BCUT2D eigenvalue weighted by Crippen LogP contribution is 2.25. The van der Waals surface area contributed by atoms with Gasteiger partial charge in [-0.1, -0.05) is 46.3 Å². The monoisotopic (exact) mass is 463 g/mol. The summed E-state index contributed by atoms with van der Waals surface area (Å²) >= 11 is 3.41. The number of phenols is 1. The summed E-state index contributed by atoms with van der Waals surface area (Å²) < 4.78 is 7.81. The normalized spacial score (nSPS) is 11.3. The Morgan fingerprint density at radius 1 is 1.13 bits per heavy atom. The van der Waals surface area contributed by atoms with Crippen LogP contribution in [0.3, 0.4) is 0 Å². The van der Waals surface area contributed by atoms with Gasteiger partial charge in [-0.05, 0) is 48.9 Å². The minimum atomic E-state index is -0.310. The number of fused-ring (bicyclic) bond motifs is 1. The first-order chi connectivity index (χ1) is 14.5. The number of aromatic hydroxyl groups is 1. The zero-order valence-electron chi connectivity index (χ0n) is 16.1. The molecule has 1 N–H and O–H groups in total. The molecule has 4 aromatic rings. The molecule has 30 heavy (non-hydrogen) atoms. The van der Waals surface area contributed by atoms with Crippen molar-refractivity contribution in [3.05, 3.63) is 98.5 Å². The smallest absolute Gasteiger partial charge is 0.282 e. The van der Waals surface area contributed by atoms with Crippen LogP contribution in [0.15, 0.2) is 81.1 Å². The number of halogens is 1. The number of para-hydroxylation sites is 2. The first kappa shape index (κ1) is 19.8. The molecule has 0 aliphatic carbocycles. The molecule has 7 heteroatoms. The fourth-order valence-electron chi connectivity index (χ4n) is 3.03. The van der Waals surface area contributed by atoms with Crippen LogP contribution >= 0.6 is 15.9 Å². The van der Waals surface area contributed by atoms with Crippen molar-refractivity contribution in [2.75, 3.05) is 0 Å². The van der Waals surface area contributed by atoms with Gasteiger partial charge in [0.15, 0.2) is 5.82 Å². The molecule has 1 heterocycles. The number of hydrogen-bond acceptors (Lipinski definition) is 5. The average Bonchev–Trinajstić information content (AvgIpc) is 2.75. The van der Waals surface area contributed by atoms with E-state index in [4.69, 9.17) is 4.74 Å². The first-order valence-electron chi connectivity index (χ1n) is 9.25. The van der Waals surface area contributed by atoms with Gasteiger partial charge in [-0.2, -0.15) is 9.78 Å². The van der Waals surface area contributed by atoms with E-state index in [1.54, 1.807) is 37.3 Å². The minimum Gasteiger partial charge on any atom is -0.507 e. The lowest BCUT2D eigenvalue weighted by atomic mass is 10.1. The molecule has 0 saturated heterocycles. The van der Waals surface area contributed by atoms with Gasteiger partial charge in [-0.15, -0.1) is 0 Å². The Morgan fingerprint density at radius 2 is 1.87 bits per heavy atom. The fraction of sp³-hybridized carbons (Fsp3) is 0.0870. The van der Waals surface area contributed by atoms with Gasteiger partial charge in [-0.3, -0.25) is 4.79 Å². The van der Waals surface area contributed by atoms with Crippen molar-refractivity contribution in [1.82, 2.24) is 9.66 Å². The van der Waals surface area contributed by atoms with E-state index in [1.165, 1.54) is 10.9 Å². The maximum atomic E-state index is 13.1. The van der Waals surface area contributed by atoms with E-state index in [1.807, 2.05) is 36.4 Å². The van der Waals surface area contributed by atoms with Gasteiger partial charge in [0.1, 0.15) is 18.1 Å². The zero-order valence-corrected chi connectivity index (χ0v) is 17.7. The minimum absolute atomic E-state index is 0.0604. The van der Waals surface area contributed by atoms with Crippen LogP contribution in [0, 0.1) is 6.92 Å². The van der Waals surface area contributed by atoms with Crippen molar-refractivity contribution < 1.29 is 9.84 Å². The topological polar surface area (TPSA) is 76.7 Å². The summed E-state index contributed by atoms with van der Waals surface area (Å²) in [6.45, 7) is 1.85. The summed E-state index contributed by atoms with van der Waals surface area (Å²) in [5, 5.41) is 15.1. The van der Waals surface area contributed by atoms with E-state index >= 15 is 0 Å². The third kappa shape index (κ3) is 4.11. The molecule has 0 radical (unpaired) electrons. The van der Waals surface area contributed by atoms with Gasteiger partial charge in [0.25, 0.3) is 5.56 Å². The summed E-state index contributed by atoms with van der Waals surface area (Å²) in [6, 6.07) is 19.9. The first-order valence-corrected chi connectivity index (χ1v) is 10.0. The van der Waals surface area contributed by atoms with Crippen LogP contribution in [-0.2, 0) is 6.61 Å². The summed E-state index contributed by atoms with van der Waals surface area (Å²) in [5.74, 6) is 1.12. The number of rotatable bonds is 5. The van der Waals surface area contributed by atoms with Crippen molar-refractivity contribution in [3.63, 3.8) is 0 Å². The molecule has 1 aromatic heterocycles. The number of benzene rings is 3. The highest BCUT2D eigenvalue weighted by atomic mass is 79.9. The Labute approximate surface area is 181 Å². The number of hydrogen-bond donors (Lipinski definition) is 1. The maximum Gasteiger partial charge on any atom is 0.282 e. The van der Waals surface area contributed by atoms with Crippen LogP contribution in [0.25, 0.3) is 10.9 Å². The van der Waals surface area contributed by atoms with E-state index in [2.05, 4.69) is 26.0 Å². The predicted molar refractivity (Wildman–Crippen MR) is 120 cm³/mol. The Balaban J connectivity index is 1.79. The lowest BCUT2D eigenvalue weighted by molar-refractivity contribution is 0.289. The number of ether oxygens (including phenoxy) is 1. The third-order valence-electron chi connectivity index (χ3n) is 4.54. The van der Waals surface area contributed by atoms with Crippen LogP contribution in [-0.4, -0.2) is 21.0 Å². The lowest BCUT2D eigenvalue weighted by Gasteiger charge is -2.11. The van der Waals surface area contributed by atoms with Gasteiger partial charge in [0.2, 0.25) is 0 Å². The molecule has 4 rings (SSSR count). The second kappa shape index (κ2) is 8.51. The Hall–Kier alpha value is -3.45. The highest BCUT2D eigenvalue weighted by Gasteiger charge is 2.12. The number of aryl methyl sites for hydroxylation is 1. The molecule has 0 saturated carbocycles. The molecule has 150 valence electrons. The van der Waals surface area contributed by atoms with E-state index in [-0.39, 0.29) is 17.9 Å². The molecule has 0 spiro atoms. The van der Waals surface area contributed by atoms with Gasteiger partial charge in [0, 0.05) is 10.0 Å². The van der Waals surface area contributed by atoms with Crippen LogP contribution in [0.4, 0.5) is 0 Å². The van der Waals surface area contributed by atoms with Crippen LogP contribution in [0.5, 0.6) is 11.5 Å². The van der Waals surface area contributed by atoms with Crippen LogP contribution in [0.2, 0.25) is 0 Å². The fourth-order valence-corrected chi connectivity index (χ4v) is 3.62. The van der Waals surface area contributed by atoms with Crippen molar-refractivity contribution >= 4 is 33.0 Å². The summed E-state index contributed by atoms with van der Waals surface area (Å²) in [4.78, 5) is 17.7. The summed E-state index contributed by atoms with van der Waals surface area (Å²) in [5.41, 5.74) is 1.44. The number of aromatic nitrogens is 2. The Kier molecular flexibility index (Phi) is 5.63. The third-order valence-corrected chi connectivity index (χ3v) is 5.00. The van der Waals surface area contributed by atoms with Crippen molar-refractivity contribution in [2.45, 2.75) is 13.5 Å². The van der Waals surface area contributed by atoms with E-state index < -0.39 is 0 Å². The Morgan fingerprint density at radius 3 is 2.67 bits per heavy atom. The summed E-state index contributed by atoms with van der Waals surface area (Å²) in [6.07, 6.45) is 1.44. The molecule has 0 atom stereocenters. The lowest BCUT2D eigenvalue weighted by Crippen LogP contribution is -2.23. The number of phenolic OH excluding ortho intramolecular Hbond substituents is 1. The molecular formula is C23H18BrN3O3. The maximum absolute atomic E-state index is 13.1. The van der Waals surface area contributed by atoms with Gasteiger partial charge in [-0.25, -0.2) is 4.98 Å². The average molecular weight is 464 g/mol. The van der Waals surface area contributed by atoms with Crippen molar-refractivity contribution in [3.8, 4) is 11.5 Å². The van der Waals surface area contributed by atoms with E-state index in [9.17, 15) is 9.90 Å². The Bertz CT molecular complexity index is 1300. The molecule has 6 nitrogen and oxygen atoms in total. The van der Waals surface area contributed by atoms with Crippen molar-refractivity contribution in [2.24, 2.45) is 5.10 Å². The molecular weight excluding hydrogens is 446 g/mol. The van der Waals surface area contributed by atoms with Crippen molar-refractivity contribution in [1.29, 1.82) is 0 Å². The zero-order chi connectivity index (χ0) is 21.1. The largest absolute Gasteiger partial charge is 0.507 e. The van der Waals surface area contributed by atoms with Crippen LogP contribution < -0.4 is 10.3 Å². The quantitative estimate of drug-likeness (QED) is 0.437. The number of nitrogens with zero attached hydrogens (tertiary/aromatic N) is 3. The molecule has 0 bridgehead atoms. The molecule has 0 unspecified atom stereocenters. The van der Waals surface area contributed by atoms with Gasteiger partial charge >= 0.3 is 0 Å². The molecule has 0 fully saturated rings. The molecule has 0 aliphatic heterocycles. The van der Waals surface area contributed by atoms with Gasteiger partial charge < -0.3 is 9.84 Å².